The highest BCUT2D eigenvalue weighted by molar-refractivity contribution is 7.90. The molecular weight excluding hydrogens is 443 g/mol. The number of imidazole rings is 1. The third-order valence-corrected chi connectivity index (χ3v) is 5.99. The number of benzene rings is 2. The average Bonchev–Trinajstić information content (AvgIpc) is 3.12. The van der Waals surface area contributed by atoms with Gasteiger partial charge in [0.1, 0.15) is 10.7 Å². The van der Waals surface area contributed by atoms with Gasteiger partial charge in [0, 0.05) is 11.3 Å². The fourth-order valence-corrected chi connectivity index (χ4v) is 4.19. The second kappa shape index (κ2) is 8.11. The summed E-state index contributed by atoms with van der Waals surface area (Å²) in [6.45, 7) is 1.68. The molecule has 0 aliphatic rings. The number of rotatable bonds is 5. The number of nitrogens with one attached hydrogen (secondary N) is 2. The maximum Gasteiger partial charge on any atom is 0.416 e. The van der Waals surface area contributed by atoms with E-state index in [9.17, 15) is 26.4 Å². The maximum absolute atomic E-state index is 13.0. The van der Waals surface area contributed by atoms with Crippen LogP contribution in [0, 0.1) is 0 Å². The van der Waals surface area contributed by atoms with Gasteiger partial charge in [-0.15, -0.1) is 0 Å². The number of hydrogen-bond donors (Lipinski definition) is 2. The smallest absolute Gasteiger partial charge is 0.341 e. The van der Waals surface area contributed by atoms with Crippen molar-refractivity contribution >= 4 is 27.5 Å². The Kier molecular flexibility index (Phi) is 5.91. The Morgan fingerprint density at radius 2 is 1.87 bits per heavy atom. The van der Waals surface area contributed by atoms with Gasteiger partial charge in [0.25, 0.3) is 15.9 Å². The molecule has 2 aromatic carbocycles. The number of halogens is 4. The van der Waals surface area contributed by atoms with Gasteiger partial charge in [0.15, 0.2) is 5.69 Å². The van der Waals surface area contributed by atoms with Crippen LogP contribution in [-0.4, -0.2) is 24.3 Å². The summed E-state index contributed by atoms with van der Waals surface area (Å²) >= 11 is 5.89. The van der Waals surface area contributed by atoms with E-state index in [0.717, 1.165) is 12.1 Å². The zero-order chi connectivity index (χ0) is 22.1. The van der Waals surface area contributed by atoms with Crippen molar-refractivity contribution in [3.05, 3.63) is 70.5 Å². The lowest BCUT2D eigenvalue weighted by atomic mass is 10.1. The first-order valence-electron chi connectivity index (χ1n) is 8.61. The largest absolute Gasteiger partial charge is 0.416 e. The van der Waals surface area contributed by atoms with Gasteiger partial charge < -0.3 is 4.98 Å². The minimum absolute atomic E-state index is 0.0123. The van der Waals surface area contributed by atoms with E-state index in [1.165, 1.54) is 36.4 Å². The van der Waals surface area contributed by atoms with Crippen molar-refractivity contribution in [1.82, 2.24) is 14.7 Å². The highest BCUT2D eigenvalue weighted by atomic mass is 35.5. The molecule has 0 unspecified atom stereocenters. The molecule has 3 aromatic rings. The molecule has 0 saturated carbocycles. The molecule has 2 N–H and O–H groups in total. The van der Waals surface area contributed by atoms with E-state index in [2.05, 4.69) is 9.97 Å². The molecule has 6 nitrogen and oxygen atoms in total. The van der Waals surface area contributed by atoms with Crippen LogP contribution in [0.4, 0.5) is 13.2 Å². The molecule has 1 amide bonds. The number of aryl methyl sites for hydroxylation is 1. The van der Waals surface area contributed by atoms with Crippen LogP contribution < -0.4 is 4.72 Å². The summed E-state index contributed by atoms with van der Waals surface area (Å²) in [4.78, 5) is 19.1. The van der Waals surface area contributed by atoms with Gasteiger partial charge in [-0.25, -0.2) is 18.1 Å². The van der Waals surface area contributed by atoms with Crippen molar-refractivity contribution in [3.63, 3.8) is 0 Å². The summed E-state index contributed by atoms with van der Waals surface area (Å²) < 4.78 is 65.8. The SMILES string of the molecule is CCc1[nH]c(-c2cccc(C(F)(F)F)c2)nc1C(=O)NS(=O)(=O)c1ccccc1Cl. The maximum atomic E-state index is 13.0. The first kappa shape index (κ1) is 21.8. The first-order valence-corrected chi connectivity index (χ1v) is 10.5. The summed E-state index contributed by atoms with van der Waals surface area (Å²) in [5.74, 6) is -1.01. The van der Waals surface area contributed by atoms with Crippen LogP contribution in [-0.2, 0) is 22.6 Å². The topological polar surface area (TPSA) is 91.9 Å². The van der Waals surface area contributed by atoms with Crippen LogP contribution in [0.5, 0.6) is 0 Å². The van der Waals surface area contributed by atoms with Gasteiger partial charge in [-0.3, -0.25) is 4.79 Å². The normalized spacial score (nSPS) is 12.0. The summed E-state index contributed by atoms with van der Waals surface area (Å²) in [6.07, 6.45) is -4.28. The van der Waals surface area contributed by atoms with E-state index in [1.807, 2.05) is 4.72 Å². The Morgan fingerprint density at radius 1 is 1.17 bits per heavy atom. The van der Waals surface area contributed by atoms with Crippen molar-refractivity contribution in [2.24, 2.45) is 0 Å². The first-order chi connectivity index (χ1) is 14.0. The van der Waals surface area contributed by atoms with Crippen molar-refractivity contribution < 1.29 is 26.4 Å². The molecule has 0 aliphatic heterocycles. The van der Waals surface area contributed by atoms with Crippen molar-refractivity contribution in [3.8, 4) is 11.4 Å². The van der Waals surface area contributed by atoms with Crippen LogP contribution in [0.2, 0.25) is 5.02 Å². The van der Waals surface area contributed by atoms with E-state index in [4.69, 9.17) is 11.6 Å². The summed E-state index contributed by atoms with van der Waals surface area (Å²) in [6, 6.07) is 9.99. The van der Waals surface area contributed by atoms with E-state index in [-0.39, 0.29) is 39.1 Å². The van der Waals surface area contributed by atoms with Gasteiger partial charge in [0.05, 0.1) is 10.6 Å². The standard InChI is InChI=1S/C19H15ClF3N3O3S/c1-2-14-16(18(27)26-30(28,29)15-9-4-3-8-13(15)20)25-17(24-14)11-6-5-7-12(10-11)19(21,22)23/h3-10H,2H2,1H3,(H,24,25)(H,26,27). The molecule has 3 rings (SSSR count). The molecule has 0 radical (unpaired) electrons. The number of aromatic nitrogens is 2. The molecule has 0 aliphatic carbocycles. The number of nitrogens with zero attached hydrogens (tertiary/aromatic N) is 1. The Morgan fingerprint density at radius 3 is 2.50 bits per heavy atom. The molecule has 11 heteroatoms. The van der Waals surface area contributed by atoms with E-state index in [1.54, 1.807) is 6.92 Å². The van der Waals surface area contributed by atoms with Crippen molar-refractivity contribution in [2.45, 2.75) is 24.4 Å². The van der Waals surface area contributed by atoms with Gasteiger partial charge in [0.2, 0.25) is 0 Å². The van der Waals surface area contributed by atoms with E-state index in [0.29, 0.717) is 0 Å². The molecular formula is C19H15ClF3N3O3S. The highest BCUT2D eigenvalue weighted by Crippen LogP contribution is 2.32. The molecule has 0 atom stereocenters. The lowest BCUT2D eigenvalue weighted by Crippen LogP contribution is -2.31. The third kappa shape index (κ3) is 4.49. The zero-order valence-corrected chi connectivity index (χ0v) is 17.0. The van der Waals surface area contributed by atoms with Crippen LogP contribution >= 0.6 is 11.6 Å². The van der Waals surface area contributed by atoms with Gasteiger partial charge in [-0.2, -0.15) is 13.2 Å². The molecule has 158 valence electrons. The lowest BCUT2D eigenvalue weighted by Gasteiger charge is -2.08. The van der Waals surface area contributed by atoms with Gasteiger partial charge in [-0.1, -0.05) is 42.8 Å². The Balaban J connectivity index is 1.95. The van der Waals surface area contributed by atoms with Crippen molar-refractivity contribution in [2.75, 3.05) is 0 Å². The summed E-state index contributed by atoms with van der Waals surface area (Å²) in [5, 5.41) is -0.0693. The highest BCUT2D eigenvalue weighted by Gasteiger charge is 2.31. The van der Waals surface area contributed by atoms with Crippen LogP contribution in [0.3, 0.4) is 0 Å². The molecule has 1 heterocycles. The number of hydrogen-bond acceptors (Lipinski definition) is 4. The van der Waals surface area contributed by atoms with E-state index < -0.39 is 27.7 Å². The zero-order valence-electron chi connectivity index (χ0n) is 15.4. The van der Waals surface area contributed by atoms with Crippen LogP contribution in [0.25, 0.3) is 11.4 Å². The molecule has 0 bridgehead atoms. The summed E-state index contributed by atoms with van der Waals surface area (Å²) in [7, 11) is -4.28. The predicted octanol–water partition coefficient (Wildman–Crippen LogP) is 4.43. The molecule has 0 fully saturated rings. The lowest BCUT2D eigenvalue weighted by molar-refractivity contribution is -0.137. The van der Waals surface area contributed by atoms with Gasteiger partial charge >= 0.3 is 6.18 Å². The minimum atomic E-state index is -4.54. The quantitative estimate of drug-likeness (QED) is 0.593. The van der Waals surface area contributed by atoms with Crippen LogP contribution in [0.15, 0.2) is 53.4 Å². The fourth-order valence-electron chi connectivity index (χ4n) is 2.72. The Bertz CT molecular complexity index is 1210. The van der Waals surface area contributed by atoms with Crippen LogP contribution in [0.1, 0.15) is 28.7 Å². The molecule has 0 saturated heterocycles. The number of H-pyrrole nitrogens is 1. The predicted molar refractivity (Wildman–Crippen MR) is 105 cm³/mol. The number of aromatic amines is 1. The fraction of sp³-hybridized carbons (Fsp3) is 0.158. The Hall–Kier alpha value is -2.85. The summed E-state index contributed by atoms with van der Waals surface area (Å²) in [5.41, 5.74) is -0.732. The van der Waals surface area contributed by atoms with Crippen molar-refractivity contribution in [1.29, 1.82) is 0 Å². The second-order valence-corrected chi connectivity index (χ2v) is 8.27. The second-order valence-electron chi connectivity index (χ2n) is 6.21. The number of carbonyl (C=O) groups excluding carboxylic acids is 1. The number of sulfonamides is 1. The van der Waals surface area contributed by atoms with Gasteiger partial charge in [-0.05, 0) is 30.7 Å². The minimum Gasteiger partial charge on any atom is -0.341 e. The number of alkyl halides is 3. The monoisotopic (exact) mass is 457 g/mol. The molecule has 30 heavy (non-hydrogen) atoms. The number of amides is 1. The number of carbonyl (C=O) groups is 1. The molecule has 0 spiro atoms. The Labute approximate surface area is 175 Å². The average molecular weight is 458 g/mol. The van der Waals surface area contributed by atoms with E-state index >= 15 is 0 Å². The molecule has 1 aromatic heterocycles. The third-order valence-electron chi connectivity index (χ3n) is 4.16.